The molecule has 1 aliphatic rings. The lowest BCUT2D eigenvalue weighted by molar-refractivity contribution is -0.0224. The molecule has 0 saturated carbocycles. The lowest BCUT2D eigenvalue weighted by atomic mass is 9.99. The van der Waals surface area contributed by atoms with E-state index in [0.29, 0.717) is 40.1 Å². The van der Waals surface area contributed by atoms with Crippen LogP contribution in [0.4, 0.5) is 5.82 Å². The summed E-state index contributed by atoms with van der Waals surface area (Å²) in [5.41, 5.74) is 2.97. The van der Waals surface area contributed by atoms with Crippen molar-refractivity contribution in [3.8, 4) is 0 Å². The number of rotatable bonds is 8. The van der Waals surface area contributed by atoms with Crippen LogP contribution >= 0.6 is 0 Å². The third-order valence-electron chi connectivity index (χ3n) is 6.21. The zero-order valence-electron chi connectivity index (χ0n) is 19.0. The number of carbonyl (C=O) groups is 2. The zero-order valence-corrected chi connectivity index (χ0v) is 19.0. The number of hydrogen-bond donors (Lipinski definition) is 3. The SMILES string of the molecule is O=C(Cc1ccc(C(=O)c2c[nH]c3ncnc(N[C@@H]4CC[C@@H](CO)OC4)c23)cc1)c1ccncc1. The molecular weight excluding hydrogens is 446 g/mol. The maximum atomic E-state index is 13.4. The summed E-state index contributed by atoms with van der Waals surface area (Å²) in [7, 11) is 0. The predicted molar refractivity (Wildman–Crippen MR) is 130 cm³/mol. The second-order valence-corrected chi connectivity index (χ2v) is 8.57. The van der Waals surface area contributed by atoms with Crippen molar-refractivity contribution in [2.75, 3.05) is 18.5 Å². The lowest BCUT2D eigenvalue weighted by Crippen LogP contribution is -2.36. The molecule has 1 aliphatic heterocycles. The van der Waals surface area contributed by atoms with Gasteiger partial charge in [-0.1, -0.05) is 24.3 Å². The van der Waals surface area contributed by atoms with Gasteiger partial charge in [-0.15, -0.1) is 0 Å². The molecule has 0 bridgehead atoms. The molecule has 0 spiro atoms. The average molecular weight is 472 g/mol. The number of aromatic amines is 1. The topological polar surface area (TPSA) is 130 Å². The van der Waals surface area contributed by atoms with E-state index in [1.54, 1.807) is 55.0 Å². The molecule has 0 unspecified atom stereocenters. The van der Waals surface area contributed by atoms with E-state index < -0.39 is 0 Å². The number of carbonyl (C=O) groups excluding carboxylic acids is 2. The predicted octanol–water partition coefficient (Wildman–Crippen LogP) is 2.96. The van der Waals surface area contributed by atoms with E-state index >= 15 is 0 Å². The molecule has 1 saturated heterocycles. The van der Waals surface area contributed by atoms with Gasteiger partial charge in [0.05, 0.1) is 36.3 Å². The number of aliphatic hydroxyl groups excluding tert-OH is 1. The summed E-state index contributed by atoms with van der Waals surface area (Å²) >= 11 is 0. The van der Waals surface area contributed by atoms with Gasteiger partial charge in [0.1, 0.15) is 17.8 Å². The van der Waals surface area contributed by atoms with E-state index in [1.165, 1.54) is 6.33 Å². The highest BCUT2D eigenvalue weighted by molar-refractivity contribution is 6.18. The van der Waals surface area contributed by atoms with Crippen LogP contribution in [0.1, 0.15) is 44.7 Å². The number of ether oxygens (including phenoxy) is 1. The number of fused-ring (bicyclic) bond motifs is 1. The standard InChI is InChI=1S/C26H25N5O4/c32-13-20-6-5-19(14-35-20)31-26-23-21(12-28-25(23)29-15-30-26)24(34)18-3-1-16(2-4-18)11-22(33)17-7-9-27-10-8-17/h1-4,7-10,12,15,19-20,32H,5-6,11,13-14H2,(H2,28,29,30,31)/t19-,20+/m1/s1. The van der Waals surface area contributed by atoms with Crippen LogP contribution in [0.2, 0.25) is 0 Å². The maximum absolute atomic E-state index is 13.4. The van der Waals surface area contributed by atoms with Crippen LogP contribution in [0.5, 0.6) is 0 Å². The third-order valence-corrected chi connectivity index (χ3v) is 6.21. The van der Waals surface area contributed by atoms with Crippen LogP contribution < -0.4 is 5.32 Å². The number of ketones is 2. The van der Waals surface area contributed by atoms with Crippen molar-refractivity contribution in [1.29, 1.82) is 0 Å². The van der Waals surface area contributed by atoms with Gasteiger partial charge in [0.2, 0.25) is 0 Å². The minimum Gasteiger partial charge on any atom is -0.394 e. The number of hydrogen-bond acceptors (Lipinski definition) is 8. The Morgan fingerprint density at radius 2 is 1.86 bits per heavy atom. The summed E-state index contributed by atoms with van der Waals surface area (Å²) in [4.78, 5) is 41.5. The van der Waals surface area contributed by atoms with Crippen LogP contribution in [0.3, 0.4) is 0 Å². The molecule has 0 aliphatic carbocycles. The van der Waals surface area contributed by atoms with E-state index in [-0.39, 0.29) is 36.7 Å². The molecule has 9 nitrogen and oxygen atoms in total. The van der Waals surface area contributed by atoms with Crippen molar-refractivity contribution in [2.24, 2.45) is 0 Å². The number of pyridine rings is 1. The van der Waals surface area contributed by atoms with E-state index in [1.807, 2.05) is 0 Å². The van der Waals surface area contributed by atoms with Gasteiger partial charge in [-0.3, -0.25) is 14.6 Å². The Hall–Kier alpha value is -3.95. The first-order chi connectivity index (χ1) is 17.1. The Morgan fingerprint density at radius 1 is 1.06 bits per heavy atom. The molecule has 5 rings (SSSR count). The number of benzene rings is 1. The fraction of sp³-hybridized carbons (Fsp3) is 0.269. The molecule has 2 atom stereocenters. The van der Waals surface area contributed by atoms with Crippen LogP contribution in [0, 0.1) is 0 Å². The highest BCUT2D eigenvalue weighted by atomic mass is 16.5. The number of aromatic nitrogens is 4. The summed E-state index contributed by atoms with van der Waals surface area (Å²) in [6.45, 7) is 0.460. The van der Waals surface area contributed by atoms with E-state index in [2.05, 4.69) is 25.3 Å². The van der Waals surface area contributed by atoms with Gasteiger partial charge < -0.3 is 20.1 Å². The van der Waals surface area contributed by atoms with Crippen molar-refractivity contribution in [3.05, 3.63) is 83.6 Å². The quantitative estimate of drug-likeness (QED) is 0.335. The highest BCUT2D eigenvalue weighted by Gasteiger charge is 2.24. The summed E-state index contributed by atoms with van der Waals surface area (Å²) in [6.07, 6.45) is 7.96. The van der Waals surface area contributed by atoms with Gasteiger partial charge in [0, 0.05) is 36.1 Å². The first-order valence-electron chi connectivity index (χ1n) is 11.5. The molecular formula is C26H25N5O4. The van der Waals surface area contributed by atoms with E-state index in [0.717, 1.165) is 18.4 Å². The lowest BCUT2D eigenvalue weighted by Gasteiger charge is -2.29. The van der Waals surface area contributed by atoms with Crippen molar-refractivity contribution >= 4 is 28.4 Å². The number of H-pyrrole nitrogens is 1. The highest BCUT2D eigenvalue weighted by Crippen LogP contribution is 2.27. The van der Waals surface area contributed by atoms with Crippen molar-refractivity contribution in [1.82, 2.24) is 19.9 Å². The molecule has 1 aromatic carbocycles. The number of nitrogens with one attached hydrogen (secondary N) is 2. The number of nitrogens with zero attached hydrogens (tertiary/aromatic N) is 3. The summed E-state index contributed by atoms with van der Waals surface area (Å²) in [5.74, 6) is 0.393. The molecule has 35 heavy (non-hydrogen) atoms. The fourth-order valence-electron chi connectivity index (χ4n) is 4.26. The number of anilines is 1. The summed E-state index contributed by atoms with van der Waals surface area (Å²) < 4.78 is 5.66. The molecule has 0 radical (unpaired) electrons. The zero-order chi connectivity index (χ0) is 24.2. The van der Waals surface area contributed by atoms with Gasteiger partial charge in [0.15, 0.2) is 11.6 Å². The second kappa shape index (κ2) is 10.1. The van der Waals surface area contributed by atoms with Gasteiger partial charge in [-0.2, -0.15) is 0 Å². The Balaban J connectivity index is 1.34. The van der Waals surface area contributed by atoms with E-state index in [4.69, 9.17) is 4.74 Å². The van der Waals surface area contributed by atoms with Gasteiger partial charge in [-0.05, 0) is 30.5 Å². The van der Waals surface area contributed by atoms with Crippen LogP contribution in [-0.4, -0.2) is 62.0 Å². The molecule has 0 amide bonds. The van der Waals surface area contributed by atoms with Gasteiger partial charge >= 0.3 is 0 Å². The van der Waals surface area contributed by atoms with Crippen molar-refractivity contribution in [2.45, 2.75) is 31.4 Å². The summed E-state index contributed by atoms with van der Waals surface area (Å²) in [6, 6.07) is 10.5. The van der Waals surface area contributed by atoms with E-state index in [9.17, 15) is 14.7 Å². The van der Waals surface area contributed by atoms with Crippen LogP contribution in [0.15, 0.2) is 61.3 Å². The molecule has 9 heteroatoms. The Morgan fingerprint density at radius 3 is 2.57 bits per heavy atom. The molecule has 178 valence electrons. The fourth-order valence-corrected chi connectivity index (χ4v) is 4.26. The molecule has 3 aromatic heterocycles. The first-order valence-corrected chi connectivity index (χ1v) is 11.5. The molecule has 3 N–H and O–H groups in total. The minimum absolute atomic E-state index is 0.00651. The second-order valence-electron chi connectivity index (χ2n) is 8.57. The average Bonchev–Trinajstić information content (AvgIpc) is 3.35. The van der Waals surface area contributed by atoms with Crippen molar-refractivity contribution in [3.63, 3.8) is 0 Å². The number of aliphatic hydroxyl groups is 1. The third kappa shape index (κ3) is 4.96. The van der Waals surface area contributed by atoms with Crippen LogP contribution in [-0.2, 0) is 11.2 Å². The Bertz CT molecular complexity index is 1330. The number of Topliss-reactive ketones (excluding diaryl/α,β-unsaturated/α-hetero) is 1. The van der Waals surface area contributed by atoms with Crippen molar-refractivity contribution < 1.29 is 19.4 Å². The monoisotopic (exact) mass is 471 g/mol. The van der Waals surface area contributed by atoms with Crippen LogP contribution in [0.25, 0.3) is 11.0 Å². The maximum Gasteiger partial charge on any atom is 0.195 e. The van der Waals surface area contributed by atoms with Gasteiger partial charge in [0.25, 0.3) is 0 Å². The smallest absolute Gasteiger partial charge is 0.195 e. The molecule has 1 fully saturated rings. The molecule has 4 heterocycles. The largest absolute Gasteiger partial charge is 0.394 e. The van der Waals surface area contributed by atoms with Gasteiger partial charge in [-0.25, -0.2) is 9.97 Å². The first kappa shape index (κ1) is 22.8. The minimum atomic E-state index is -0.165. The summed E-state index contributed by atoms with van der Waals surface area (Å²) in [5, 5.41) is 13.3. The Kier molecular flexibility index (Phi) is 6.60. The normalized spacial score (nSPS) is 17.9. The molecule has 4 aromatic rings. The Labute approximate surface area is 201 Å².